The standard InChI is InChI=1S/C23H17ClFNO3/c24-18-8-10-19(11-9-18)26-23(28)20-12-6-17(15-25)14-21(20)29-22(27)13-7-16-4-2-1-3-5-16/h1-14H,15H2,(H,26,28)/b13-7+. The fourth-order valence-electron chi connectivity index (χ4n) is 2.52. The number of benzene rings is 3. The molecule has 0 spiro atoms. The number of hydrogen-bond donors (Lipinski definition) is 1. The fourth-order valence-corrected chi connectivity index (χ4v) is 2.65. The highest BCUT2D eigenvalue weighted by atomic mass is 35.5. The van der Waals surface area contributed by atoms with Crippen LogP contribution >= 0.6 is 11.6 Å². The molecular weight excluding hydrogens is 393 g/mol. The third-order valence-electron chi connectivity index (χ3n) is 3.97. The number of halogens is 2. The normalized spacial score (nSPS) is 10.7. The number of ether oxygens (including phenoxy) is 1. The maximum absolute atomic E-state index is 13.1. The van der Waals surface area contributed by atoms with Crippen LogP contribution in [0.1, 0.15) is 21.5 Å². The second kappa shape index (κ2) is 9.66. The molecule has 3 aromatic rings. The zero-order valence-electron chi connectivity index (χ0n) is 15.3. The first-order valence-electron chi connectivity index (χ1n) is 8.76. The lowest BCUT2D eigenvalue weighted by molar-refractivity contribution is -0.128. The van der Waals surface area contributed by atoms with Gasteiger partial charge in [0.25, 0.3) is 5.91 Å². The van der Waals surface area contributed by atoms with Crippen LogP contribution in [-0.2, 0) is 11.5 Å². The van der Waals surface area contributed by atoms with E-state index in [-0.39, 0.29) is 11.3 Å². The molecule has 29 heavy (non-hydrogen) atoms. The Labute approximate surface area is 172 Å². The minimum atomic E-state index is -0.747. The number of carbonyl (C=O) groups excluding carboxylic acids is 2. The second-order valence-electron chi connectivity index (χ2n) is 6.09. The first kappa shape index (κ1) is 20.3. The molecular formula is C23H17ClFNO3. The van der Waals surface area contributed by atoms with Gasteiger partial charge in [-0.3, -0.25) is 4.79 Å². The van der Waals surface area contributed by atoms with Crippen molar-refractivity contribution in [3.8, 4) is 5.75 Å². The van der Waals surface area contributed by atoms with Gasteiger partial charge in [-0.1, -0.05) is 48.0 Å². The summed E-state index contributed by atoms with van der Waals surface area (Å²) in [6.07, 6.45) is 2.84. The van der Waals surface area contributed by atoms with Crippen molar-refractivity contribution in [2.45, 2.75) is 6.67 Å². The van der Waals surface area contributed by atoms with Gasteiger partial charge in [0.05, 0.1) is 5.56 Å². The number of alkyl halides is 1. The number of rotatable bonds is 6. The van der Waals surface area contributed by atoms with Gasteiger partial charge >= 0.3 is 5.97 Å². The number of nitrogens with one attached hydrogen (secondary N) is 1. The third kappa shape index (κ3) is 5.77. The predicted molar refractivity (Wildman–Crippen MR) is 112 cm³/mol. The van der Waals surface area contributed by atoms with E-state index in [0.717, 1.165) is 5.56 Å². The molecule has 3 rings (SSSR count). The Morgan fingerprint density at radius 3 is 2.41 bits per heavy atom. The van der Waals surface area contributed by atoms with Crippen molar-refractivity contribution in [3.63, 3.8) is 0 Å². The molecule has 0 saturated carbocycles. The molecule has 0 aliphatic rings. The Bertz CT molecular complexity index is 1030. The first-order chi connectivity index (χ1) is 14.0. The van der Waals surface area contributed by atoms with Gasteiger partial charge in [0.2, 0.25) is 0 Å². The van der Waals surface area contributed by atoms with Crippen LogP contribution in [0, 0.1) is 0 Å². The summed E-state index contributed by atoms with van der Waals surface area (Å²) < 4.78 is 18.4. The highest BCUT2D eigenvalue weighted by Gasteiger charge is 2.16. The van der Waals surface area contributed by atoms with Crippen LogP contribution in [0.2, 0.25) is 5.02 Å². The largest absolute Gasteiger partial charge is 0.423 e. The van der Waals surface area contributed by atoms with Gasteiger partial charge in [-0.2, -0.15) is 0 Å². The summed E-state index contributed by atoms with van der Waals surface area (Å²) in [5.41, 5.74) is 1.75. The van der Waals surface area contributed by atoms with E-state index in [2.05, 4.69) is 5.32 Å². The molecule has 1 N–H and O–H groups in total. The van der Waals surface area contributed by atoms with E-state index < -0.39 is 18.6 Å². The molecule has 3 aromatic carbocycles. The number of amides is 1. The average molecular weight is 410 g/mol. The molecule has 6 heteroatoms. The molecule has 0 atom stereocenters. The molecule has 0 unspecified atom stereocenters. The van der Waals surface area contributed by atoms with E-state index in [0.29, 0.717) is 16.3 Å². The zero-order chi connectivity index (χ0) is 20.6. The van der Waals surface area contributed by atoms with Gasteiger partial charge in [-0.05, 0) is 53.6 Å². The van der Waals surface area contributed by atoms with Crippen molar-refractivity contribution in [1.29, 1.82) is 0 Å². The quantitative estimate of drug-likeness (QED) is 0.323. The number of esters is 1. The van der Waals surface area contributed by atoms with E-state index in [9.17, 15) is 14.0 Å². The van der Waals surface area contributed by atoms with Crippen LogP contribution in [0.3, 0.4) is 0 Å². The molecule has 4 nitrogen and oxygen atoms in total. The molecule has 0 radical (unpaired) electrons. The number of hydrogen-bond acceptors (Lipinski definition) is 3. The minimum absolute atomic E-state index is 0.0191. The van der Waals surface area contributed by atoms with Crippen LogP contribution in [0.4, 0.5) is 10.1 Å². The van der Waals surface area contributed by atoms with Crippen LogP contribution < -0.4 is 10.1 Å². The summed E-state index contributed by atoms with van der Waals surface area (Å²) in [6, 6.07) is 20.0. The van der Waals surface area contributed by atoms with Crippen molar-refractivity contribution in [3.05, 3.63) is 101 Å². The van der Waals surface area contributed by atoms with Crippen LogP contribution in [0.15, 0.2) is 78.9 Å². The van der Waals surface area contributed by atoms with Crippen LogP contribution in [-0.4, -0.2) is 11.9 Å². The Kier molecular flexibility index (Phi) is 6.76. The van der Waals surface area contributed by atoms with E-state index in [4.69, 9.17) is 16.3 Å². The summed E-state index contributed by atoms with van der Waals surface area (Å²) in [5.74, 6) is -1.19. The maximum Gasteiger partial charge on any atom is 0.336 e. The number of anilines is 1. The van der Waals surface area contributed by atoms with E-state index >= 15 is 0 Å². The SMILES string of the molecule is O=C(/C=C/c1ccccc1)Oc1cc(CF)ccc1C(=O)Nc1ccc(Cl)cc1. The molecule has 0 aromatic heterocycles. The summed E-state index contributed by atoms with van der Waals surface area (Å²) in [4.78, 5) is 24.8. The first-order valence-corrected chi connectivity index (χ1v) is 9.14. The topological polar surface area (TPSA) is 55.4 Å². The lowest BCUT2D eigenvalue weighted by Crippen LogP contribution is -2.15. The van der Waals surface area contributed by atoms with Gasteiger partial charge in [0.1, 0.15) is 12.4 Å². The van der Waals surface area contributed by atoms with E-state index in [1.165, 1.54) is 24.3 Å². The molecule has 0 aliphatic carbocycles. The molecule has 0 fully saturated rings. The molecule has 0 aliphatic heterocycles. The van der Waals surface area contributed by atoms with Crippen LogP contribution in [0.25, 0.3) is 6.08 Å². The molecule has 146 valence electrons. The Hall–Kier alpha value is -3.44. The summed E-state index contributed by atoms with van der Waals surface area (Å²) in [5, 5.41) is 3.23. The van der Waals surface area contributed by atoms with Gasteiger partial charge < -0.3 is 10.1 Å². The lowest BCUT2D eigenvalue weighted by Gasteiger charge is -2.11. The van der Waals surface area contributed by atoms with E-state index in [1.807, 2.05) is 30.3 Å². The van der Waals surface area contributed by atoms with Crippen molar-refractivity contribution in [1.82, 2.24) is 0 Å². The third-order valence-corrected chi connectivity index (χ3v) is 4.22. The zero-order valence-corrected chi connectivity index (χ0v) is 16.0. The van der Waals surface area contributed by atoms with Crippen molar-refractivity contribution < 1.29 is 18.7 Å². The minimum Gasteiger partial charge on any atom is -0.423 e. The predicted octanol–water partition coefficient (Wildman–Crippen LogP) is 5.68. The summed E-state index contributed by atoms with van der Waals surface area (Å²) in [6.45, 7) is -0.747. The average Bonchev–Trinajstić information content (AvgIpc) is 2.74. The highest BCUT2D eigenvalue weighted by Crippen LogP contribution is 2.24. The smallest absolute Gasteiger partial charge is 0.336 e. The monoisotopic (exact) mass is 409 g/mol. The molecule has 0 bridgehead atoms. The van der Waals surface area contributed by atoms with Gasteiger partial charge in [-0.15, -0.1) is 0 Å². The van der Waals surface area contributed by atoms with Gasteiger partial charge in [-0.25, -0.2) is 9.18 Å². The lowest BCUT2D eigenvalue weighted by atomic mass is 10.1. The van der Waals surface area contributed by atoms with Crippen molar-refractivity contribution in [2.75, 3.05) is 5.32 Å². The van der Waals surface area contributed by atoms with Crippen molar-refractivity contribution >= 4 is 35.2 Å². The summed E-state index contributed by atoms with van der Waals surface area (Å²) >= 11 is 5.84. The fraction of sp³-hybridized carbons (Fsp3) is 0.0435. The van der Waals surface area contributed by atoms with Crippen molar-refractivity contribution in [2.24, 2.45) is 0 Å². The number of carbonyl (C=O) groups is 2. The van der Waals surface area contributed by atoms with E-state index in [1.54, 1.807) is 30.3 Å². The highest BCUT2D eigenvalue weighted by molar-refractivity contribution is 6.30. The Morgan fingerprint density at radius 1 is 1.00 bits per heavy atom. The Morgan fingerprint density at radius 2 is 1.72 bits per heavy atom. The molecule has 0 saturated heterocycles. The van der Waals surface area contributed by atoms with Gasteiger partial charge in [0.15, 0.2) is 0 Å². The molecule has 1 amide bonds. The maximum atomic E-state index is 13.1. The van der Waals surface area contributed by atoms with Crippen LogP contribution in [0.5, 0.6) is 5.75 Å². The summed E-state index contributed by atoms with van der Waals surface area (Å²) in [7, 11) is 0. The molecule has 0 heterocycles. The van der Waals surface area contributed by atoms with Gasteiger partial charge in [0, 0.05) is 16.8 Å². The Balaban J connectivity index is 1.79. The second-order valence-corrected chi connectivity index (χ2v) is 6.53.